The van der Waals surface area contributed by atoms with Gasteiger partial charge in [-0.25, -0.2) is 4.98 Å². The number of halogens is 1. The number of imidazole rings is 1. The summed E-state index contributed by atoms with van der Waals surface area (Å²) in [5.41, 5.74) is 2.11. The highest BCUT2D eigenvalue weighted by Crippen LogP contribution is 2.20. The molecule has 0 radical (unpaired) electrons. The third-order valence-corrected chi connectivity index (χ3v) is 6.02. The summed E-state index contributed by atoms with van der Waals surface area (Å²) >= 11 is 6.13. The summed E-state index contributed by atoms with van der Waals surface area (Å²) in [5.74, 6) is 1.13. The zero-order valence-corrected chi connectivity index (χ0v) is 17.7. The Bertz CT molecular complexity index is 1070. The van der Waals surface area contributed by atoms with Gasteiger partial charge in [0.25, 0.3) is 5.91 Å². The number of benzene rings is 2. The van der Waals surface area contributed by atoms with Gasteiger partial charge in [0.15, 0.2) is 0 Å². The molecule has 0 saturated carbocycles. The number of aromatic nitrogens is 2. The van der Waals surface area contributed by atoms with Crippen LogP contribution >= 0.6 is 11.6 Å². The maximum atomic E-state index is 12.9. The summed E-state index contributed by atoms with van der Waals surface area (Å²) in [4.78, 5) is 32.1. The lowest BCUT2D eigenvalue weighted by atomic mass is 9.99. The van der Waals surface area contributed by atoms with E-state index in [0.717, 1.165) is 37.0 Å². The van der Waals surface area contributed by atoms with Crippen LogP contribution < -0.4 is 5.32 Å². The molecule has 2 heterocycles. The number of nitrogens with one attached hydrogen (secondary N) is 1. The number of hydrogen-bond acceptors (Lipinski definition) is 3. The van der Waals surface area contributed by atoms with Crippen LogP contribution in [0, 0.1) is 5.92 Å². The second-order valence-corrected chi connectivity index (χ2v) is 8.24. The largest absolute Gasteiger partial charge is 0.345 e. The van der Waals surface area contributed by atoms with Crippen LogP contribution in [0.4, 0.5) is 0 Å². The van der Waals surface area contributed by atoms with Crippen LogP contribution in [0.2, 0.25) is 5.02 Å². The first kappa shape index (κ1) is 20.4. The molecule has 0 unspecified atom stereocenters. The zero-order chi connectivity index (χ0) is 21.1. The Labute approximate surface area is 180 Å². The van der Waals surface area contributed by atoms with Crippen LogP contribution in [0.25, 0.3) is 11.0 Å². The molecule has 1 N–H and O–H groups in total. The van der Waals surface area contributed by atoms with Gasteiger partial charge in [-0.05, 0) is 43.0 Å². The van der Waals surface area contributed by atoms with Gasteiger partial charge in [-0.3, -0.25) is 9.59 Å². The van der Waals surface area contributed by atoms with Crippen LogP contribution in [0.3, 0.4) is 0 Å². The van der Waals surface area contributed by atoms with E-state index in [1.54, 1.807) is 24.3 Å². The molecule has 1 aromatic heterocycles. The average Bonchev–Trinajstić information content (AvgIpc) is 3.10. The molecular weight excluding hydrogens is 400 g/mol. The fraction of sp³-hybridized carbons (Fsp3) is 0.348. The molecule has 2 amide bonds. The Morgan fingerprint density at radius 3 is 2.57 bits per heavy atom. The molecule has 156 valence electrons. The first-order chi connectivity index (χ1) is 14.5. The molecule has 4 rings (SSSR count). The molecular formula is C23H25ClN4O2. The fourth-order valence-electron chi connectivity index (χ4n) is 3.83. The number of carbonyl (C=O) groups is 2. The smallest absolute Gasteiger partial charge is 0.253 e. The second kappa shape index (κ2) is 8.88. The molecule has 0 aliphatic carbocycles. The van der Waals surface area contributed by atoms with E-state index < -0.39 is 0 Å². The standard InChI is InChI=1S/C23H25ClN4O2/c1-16-10-12-27(13-11-16)22(29)15-28-20-9-5-4-8-19(20)26-21(28)14-25-23(30)17-6-2-3-7-18(17)24/h2-9,16H,10-15H2,1H3,(H,25,30). The molecule has 6 nitrogen and oxygen atoms in total. The number of likely N-dealkylation sites (tertiary alicyclic amines) is 1. The molecule has 0 atom stereocenters. The lowest BCUT2D eigenvalue weighted by Crippen LogP contribution is -2.40. The number of fused-ring (bicyclic) bond motifs is 1. The van der Waals surface area contributed by atoms with E-state index in [1.807, 2.05) is 33.7 Å². The van der Waals surface area contributed by atoms with Crippen molar-refractivity contribution in [3.63, 3.8) is 0 Å². The Morgan fingerprint density at radius 2 is 1.80 bits per heavy atom. The molecule has 2 aromatic carbocycles. The predicted octanol–water partition coefficient (Wildman–Crippen LogP) is 3.88. The van der Waals surface area contributed by atoms with Gasteiger partial charge >= 0.3 is 0 Å². The highest BCUT2D eigenvalue weighted by Gasteiger charge is 2.22. The Morgan fingerprint density at radius 1 is 1.10 bits per heavy atom. The quantitative estimate of drug-likeness (QED) is 0.675. The first-order valence-electron chi connectivity index (χ1n) is 10.3. The minimum Gasteiger partial charge on any atom is -0.345 e. The Hall–Kier alpha value is -2.86. The van der Waals surface area contributed by atoms with Crippen LogP contribution in [0.15, 0.2) is 48.5 Å². The third kappa shape index (κ3) is 4.33. The van der Waals surface area contributed by atoms with Crippen molar-refractivity contribution in [1.82, 2.24) is 19.8 Å². The van der Waals surface area contributed by atoms with Gasteiger partial charge < -0.3 is 14.8 Å². The number of nitrogens with zero attached hydrogens (tertiary/aromatic N) is 3. The topological polar surface area (TPSA) is 67.2 Å². The van der Waals surface area contributed by atoms with Crippen molar-refractivity contribution < 1.29 is 9.59 Å². The van der Waals surface area contributed by atoms with Gasteiger partial charge in [-0.1, -0.05) is 42.8 Å². The number of amides is 2. The van der Waals surface area contributed by atoms with Crippen molar-refractivity contribution in [3.05, 3.63) is 64.9 Å². The summed E-state index contributed by atoms with van der Waals surface area (Å²) in [6.07, 6.45) is 2.08. The third-order valence-electron chi connectivity index (χ3n) is 5.69. The van der Waals surface area contributed by atoms with Gasteiger partial charge in [0.2, 0.25) is 5.91 Å². The normalized spacial score (nSPS) is 14.8. The second-order valence-electron chi connectivity index (χ2n) is 7.83. The maximum absolute atomic E-state index is 12.9. The van der Waals surface area contributed by atoms with E-state index >= 15 is 0 Å². The van der Waals surface area contributed by atoms with Gasteiger partial charge in [0.05, 0.1) is 28.2 Å². The van der Waals surface area contributed by atoms with E-state index in [0.29, 0.717) is 22.3 Å². The molecule has 1 saturated heterocycles. The summed E-state index contributed by atoms with van der Waals surface area (Å²) in [5, 5.41) is 3.29. The van der Waals surface area contributed by atoms with Crippen molar-refractivity contribution >= 4 is 34.4 Å². The molecule has 0 bridgehead atoms. The number of carbonyl (C=O) groups excluding carboxylic acids is 2. The lowest BCUT2D eigenvalue weighted by Gasteiger charge is -2.30. The average molecular weight is 425 g/mol. The van der Waals surface area contributed by atoms with Crippen molar-refractivity contribution in [2.24, 2.45) is 5.92 Å². The Kier molecular flexibility index (Phi) is 6.04. The van der Waals surface area contributed by atoms with Crippen molar-refractivity contribution in [2.75, 3.05) is 13.1 Å². The monoisotopic (exact) mass is 424 g/mol. The minimum atomic E-state index is -0.268. The van der Waals surface area contributed by atoms with Crippen LogP contribution in [-0.4, -0.2) is 39.4 Å². The van der Waals surface area contributed by atoms with E-state index in [1.165, 1.54) is 0 Å². The molecule has 0 spiro atoms. The van der Waals surface area contributed by atoms with Gasteiger partial charge in [-0.15, -0.1) is 0 Å². The van der Waals surface area contributed by atoms with Gasteiger partial charge in [0.1, 0.15) is 12.4 Å². The number of rotatable bonds is 5. The van der Waals surface area contributed by atoms with E-state index in [9.17, 15) is 9.59 Å². The van der Waals surface area contributed by atoms with Crippen molar-refractivity contribution in [3.8, 4) is 0 Å². The highest BCUT2D eigenvalue weighted by molar-refractivity contribution is 6.33. The van der Waals surface area contributed by atoms with E-state index in [2.05, 4.69) is 17.2 Å². The summed E-state index contributed by atoms with van der Waals surface area (Å²) in [7, 11) is 0. The summed E-state index contributed by atoms with van der Waals surface area (Å²) in [6, 6.07) is 14.6. The molecule has 1 aliphatic rings. The number of piperidine rings is 1. The predicted molar refractivity (Wildman–Crippen MR) is 117 cm³/mol. The van der Waals surface area contributed by atoms with Crippen LogP contribution in [0.1, 0.15) is 35.9 Å². The van der Waals surface area contributed by atoms with Crippen molar-refractivity contribution in [1.29, 1.82) is 0 Å². The van der Waals surface area contributed by atoms with Crippen LogP contribution in [0.5, 0.6) is 0 Å². The SMILES string of the molecule is CC1CCN(C(=O)Cn2c(CNC(=O)c3ccccc3Cl)nc3ccccc32)CC1. The maximum Gasteiger partial charge on any atom is 0.253 e. The molecule has 1 fully saturated rings. The number of para-hydroxylation sites is 2. The molecule has 1 aliphatic heterocycles. The van der Waals surface area contributed by atoms with Crippen LogP contribution in [-0.2, 0) is 17.9 Å². The van der Waals surface area contributed by atoms with E-state index in [4.69, 9.17) is 11.6 Å². The zero-order valence-electron chi connectivity index (χ0n) is 17.0. The number of hydrogen-bond donors (Lipinski definition) is 1. The minimum absolute atomic E-state index is 0.0868. The van der Waals surface area contributed by atoms with Gasteiger partial charge in [-0.2, -0.15) is 0 Å². The highest BCUT2D eigenvalue weighted by atomic mass is 35.5. The lowest BCUT2D eigenvalue weighted by molar-refractivity contribution is -0.133. The molecule has 7 heteroatoms. The van der Waals surface area contributed by atoms with E-state index in [-0.39, 0.29) is 24.9 Å². The fourth-order valence-corrected chi connectivity index (χ4v) is 4.05. The molecule has 3 aromatic rings. The van der Waals surface area contributed by atoms with Crippen molar-refractivity contribution in [2.45, 2.75) is 32.9 Å². The van der Waals surface area contributed by atoms with Gasteiger partial charge in [0, 0.05) is 13.1 Å². The first-order valence-corrected chi connectivity index (χ1v) is 10.7. The Balaban J connectivity index is 1.54. The summed E-state index contributed by atoms with van der Waals surface area (Å²) < 4.78 is 1.91. The summed E-state index contributed by atoms with van der Waals surface area (Å²) in [6.45, 7) is 4.25. The molecule has 30 heavy (non-hydrogen) atoms.